The highest BCUT2D eigenvalue weighted by Crippen LogP contribution is 2.20. The number of rotatable bonds is 1. The summed E-state index contributed by atoms with van der Waals surface area (Å²) in [4.78, 5) is 16.9. The third kappa shape index (κ3) is 1.71. The average molecular weight is 286 g/mol. The maximum atomic E-state index is 12.6. The molecule has 0 spiro atoms. The Labute approximate surface area is 125 Å². The Balaban J connectivity index is 2.03. The molecule has 2 aromatic heterocycles. The summed E-state index contributed by atoms with van der Waals surface area (Å²) in [5.74, 6) is 0. The third-order valence-corrected chi connectivity index (χ3v) is 3.69. The molecule has 0 saturated carbocycles. The van der Waals surface area contributed by atoms with E-state index >= 15 is 0 Å². The van der Waals surface area contributed by atoms with E-state index in [0.717, 1.165) is 16.4 Å². The molecule has 0 radical (unpaired) electrons. The van der Waals surface area contributed by atoms with Gasteiger partial charge in [0.1, 0.15) is 0 Å². The highest BCUT2D eigenvalue weighted by molar-refractivity contribution is 6.02. The molecule has 0 aliphatic carbocycles. The summed E-state index contributed by atoms with van der Waals surface area (Å²) in [6.07, 6.45) is 1.59. The molecular formula is C17H10N4O. The van der Waals surface area contributed by atoms with Gasteiger partial charge in [-0.3, -0.25) is 14.9 Å². The molecule has 104 valence electrons. The lowest BCUT2D eigenvalue weighted by Crippen LogP contribution is -2.14. The highest BCUT2D eigenvalue weighted by Gasteiger charge is 2.11. The van der Waals surface area contributed by atoms with Crippen LogP contribution in [0.5, 0.6) is 0 Å². The zero-order valence-electron chi connectivity index (χ0n) is 11.4. The SMILES string of the molecule is N#Cc1ccc(-n2[nH]c3c(cnc4ccccc43)c2=O)cc1. The van der Waals surface area contributed by atoms with Crippen LogP contribution in [0.25, 0.3) is 27.5 Å². The number of nitriles is 1. The van der Waals surface area contributed by atoms with Gasteiger partial charge in [-0.05, 0) is 30.3 Å². The standard InChI is InChI=1S/C17H10N4O/c18-9-11-5-7-12(8-6-11)21-17(22)14-10-19-15-4-2-1-3-13(15)16(14)20-21/h1-8,10,20H. The molecule has 0 aliphatic heterocycles. The smallest absolute Gasteiger partial charge is 0.280 e. The zero-order valence-corrected chi connectivity index (χ0v) is 11.4. The van der Waals surface area contributed by atoms with E-state index in [0.29, 0.717) is 16.6 Å². The van der Waals surface area contributed by atoms with Crippen molar-refractivity contribution in [3.8, 4) is 11.8 Å². The number of aromatic nitrogens is 3. The van der Waals surface area contributed by atoms with Crippen LogP contribution in [-0.2, 0) is 0 Å². The van der Waals surface area contributed by atoms with E-state index in [-0.39, 0.29) is 5.56 Å². The lowest BCUT2D eigenvalue weighted by atomic mass is 10.2. The summed E-state index contributed by atoms with van der Waals surface area (Å²) >= 11 is 0. The molecule has 0 amide bonds. The van der Waals surface area contributed by atoms with Crippen molar-refractivity contribution in [2.24, 2.45) is 0 Å². The van der Waals surface area contributed by atoms with Crippen molar-refractivity contribution in [1.82, 2.24) is 14.8 Å². The van der Waals surface area contributed by atoms with Crippen LogP contribution in [0, 0.1) is 11.3 Å². The number of H-pyrrole nitrogens is 1. The van der Waals surface area contributed by atoms with Crippen molar-refractivity contribution in [2.75, 3.05) is 0 Å². The molecule has 1 N–H and O–H groups in total. The van der Waals surface area contributed by atoms with Gasteiger partial charge >= 0.3 is 0 Å². The molecule has 5 heteroatoms. The van der Waals surface area contributed by atoms with Crippen molar-refractivity contribution < 1.29 is 0 Å². The van der Waals surface area contributed by atoms with E-state index in [2.05, 4.69) is 16.2 Å². The fourth-order valence-corrected chi connectivity index (χ4v) is 2.57. The van der Waals surface area contributed by atoms with Crippen LogP contribution < -0.4 is 5.56 Å². The predicted molar refractivity (Wildman–Crippen MR) is 83.9 cm³/mol. The van der Waals surface area contributed by atoms with Crippen molar-refractivity contribution in [2.45, 2.75) is 0 Å². The third-order valence-electron chi connectivity index (χ3n) is 3.69. The number of para-hydroxylation sites is 1. The van der Waals surface area contributed by atoms with Gasteiger partial charge < -0.3 is 0 Å². The van der Waals surface area contributed by atoms with Crippen LogP contribution in [0.2, 0.25) is 0 Å². The Hall–Kier alpha value is -3.39. The van der Waals surface area contributed by atoms with Crippen molar-refractivity contribution in [3.63, 3.8) is 0 Å². The lowest BCUT2D eigenvalue weighted by molar-refractivity contribution is 0.864. The van der Waals surface area contributed by atoms with Gasteiger partial charge in [0.15, 0.2) is 0 Å². The fourth-order valence-electron chi connectivity index (χ4n) is 2.57. The van der Waals surface area contributed by atoms with Crippen molar-refractivity contribution in [3.05, 3.63) is 70.6 Å². The quantitative estimate of drug-likeness (QED) is 0.584. The number of hydrogen-bond donors (Lipinski definition) is 1. The maximum Gasteiger partial charge on any atom is 0.280 e. The molecule has 2 aromatic carbocycles. The molecule has 5 nitrogen and oxygen atoms in total. The largest absolute Gasteiger partial charge is 0.290 e. The number of hydrogen-bond acceptors (Lipinski definition) is 3. The van der Waals surface area contributed by atoms with Gasteiger partial charge in [0, 0.05) is 11.6 Å². The van der Waals surface area contributed by atoms with Gasteiger partial charge in [0.25, 0.3) is 5.56 Å². The van der Waals surface area contributed by atoms with Crippen LogP contribution in [0.1, 0.15) is 5.56 Å². The number of pyridine rings is 1. The molecule has 0 fully saturated rings. The summed E-state index contributed by atoms with van der Waals surface area (Å²) in [6.45, 7) is 0. The Bertz CT molecular complexity index is 1100. The molecule has 0 atom stereocenters. The summed E-state index contributed by atoms with van der Waals surface area (Å²) in [5, 5.41) is 13.4. The fraction of sp³-hybridized carbons (Fsp3) is 0. The number of nitrogens with zero attached hydrogens (tertiary/aromatic N) is 3. The van der Waals surface area contributed by atoms with Gasteiger partial charge in [-0.2, -0.15) is 5.26 Å². The van der Waals surface area contributed by atoms with Crippen LogP contribution in [0.15, 0.2) is 59.5 Å². The van der Waals surface area contributed by atoms with Gasteiger partial charge in [0.2, 0.25) is 0 Å². The summed E-state index contributed by atoms with van der Waals surface area (Å²) < 4.78 is 1.47. The van der Waals surface area contributed by atoms with Crippen molar-refractivity contribution >= 4 is 21.8 Å². The monoisotopic (exact) mass is 286 g/mol. The Morgan fingerprint density at radius 2 is 1.82 bits per heavy atom. The van der Waals surface area contributed by atoms with E-state index in [1.807, 2.05) is 24.3 Å². The molecule has 0 bridgehead atoms. The molecule has 22 heavy (non-hydrogen) atoms. The maximum absolute atomic E-state index is 12.6. The zero-order chi connectivity index (χ0) is 15.1. The summed E-state index contributed by atoms with van der Waals surface area (Å²) in [6, 6.07) is 16.6. The first-order chi connectivity index (χ1) is 10.8. The number of nitrogens with one attached hydrogen (secondary N) is 1. The molecule has 2 heterocycles. The molecule has 0 unspecified atom stereocenters. The minimum absolute atomic E-state index is 0.155. The van der Waals surface area contributed by atoms with E-state index in [1.54, 1.807) is 30.5 Å². The van der Waals surface area contributed by atoms with Gasteiger partial charge in [-0.1, -0.05) is 18.2 Å². The second kappa shape index (κ2) is 4.57. The molecule has 0 saturated heterocycles. The average Bonchev–Trinajstić information content (AvgIpc) is 2.92. The minimum atomic E-state index is -0.155. The van der Waals surface area contributed by atoms with E-state index in [4.69, 9.17) is 5.26 Å². The van der Waals surface area contributed by atoms with Crippen LogP contribution in [-0.4, -0.2) is 14.8 Å². The highest BCUT2D eigenvalue weighted by atomic mass is 16.1. The number of fused-ring (bicyclic) bond motifs is 3. The van der Waals surface area contributed by atoms with Crippen molar-refractivity contribution in [1.29, 1.82) is 5.26 Å². The van der Waals surface area contributed by atoms with Gasteiger partial charge in [0.05, 0.1) is 33.7 Å². The van der Waals surface area contributed by atoms with Gasteiger partial charge in [-0.25, -0.2) is 4.68 Å². The Morgan fingerprint density at radius 1 is 1.05 bits per heavy atom. The Morgan fingerprint density at radius 3 is 2.59 bits per heavy atom. The first-order valence-corrected chi connectivity index (χ1v) is 6.77. The van der Waals surface area contributed by atoms with E-state index < -0.39 is 0 Å². The van der Waals surface area contributed by atoms with Crippen LogP contribution in [0.4, 0.5) is 0 Å². The lowest BCUT2D eigenvalue weighted by Gasteiger charge is -2.01. The van der Waals surface area contributed by atoms with Crippen LogP contribution in [0.3, 0.4) is 0 Å². The van der Waals surface area contributed by atoms with E-state index in [9.17, 15) is 4.79 Å². The van der Waals surface area contributed by atoms with E-state index in [1.165, 1.54) is 4.68 Å². The Kier molecular flexibility index (Phi) is 2.57. The molecule has 4 rings (SSSR count). The topological polar surface area (TPSA) is 74.5 Å². The molecular weight excluding hydrogens is 276 g/mol. The first-order valence-electron chi connectivity index (χ1n) is 6.77. The molecule has 0 aliphatic rings. The van der Waals surface area contributed by atoms with Gasteiger partial charge in [-0.15, -0.1) is 0 Å². The first kappa shape index (κ1) is 12.4. The number of benzene rings is 2. The second-order valence-electron chi connectivity index (χ2n) is 4.98. The normalized spacial score (nSPS) is 10.9. The number of aromatic amines is 1. The second-order valence-corrected chi connectivity index (χ2v) is 4.98. The molecule has 4 aromatic rings. The predicted octanol–water partition coefficient (Wildman–Crippen LogP) is 2.74. The van der Waals surface area contributed by atoms with Crippen LogP contribution >= 0.6 is 0 Å². The summed E-state index contributed by atoms with van der Waals surface area (Å²) in [5.41, 5.74) is 2.69. The minimum Gasteiger partial charge on any atom is -0.290 e. The summed E-state index contributed by atoms with van der Waals surface area (Å²) in [7, 11) is 0.